The van der Waals surface area contributed by atoms with Crippen molar-refractivity contribution in [3.63, 3.8) is 0 Å². The maximum Gasteiger partial charge on any atom is 0.407 e. The summed E-state index contributed by atoms with van der Waals surface area (Å²) in [5.41, 5.74) is -0.528. The van der Waals surface area contributed by atoms with Crippen LogP contribution < -0.4 is 10.6 Å². The molecular formula is C14H26N2O4. The summed E-state index contributed by atoms with van der Waals surface area (Å²) in [6.45, 7) is 7.85. The molecule has 0 aromatic carbocycles. The van der Waals surface area contributed by atoms with Gasteiger partial charge in [0.25, 0.3) is 0 Å². The van der Waals surface area contributed by atoms with Crippen LogP contribution in [0.5, 0.6) is 0 Å². The van der Waals surface area contributed by atoms with Crippen LogP contribution in [0.2, 0.25) is 0 Å². The maximum absolute atomic E-state index is 11.3. The van der Waals surface area contributed by atoms with Gasteiger partial charge in [0.1, 0.15) is 5.60 Å². The number of carbonyl (C=O) groups excluding carboxylic acids is 2. The fourth-order valence-electron chi connectivity index (χ4n) is 1.37. The van der Waals surface area contributed by atoms with Crippen molar-refractivity contribution in [3.05, 3.63) is 12.2 Å². The molecule has 0 spiro atoms. The van der Waals surface area contributed by atoms with E-state index in [2.05, 4.69) is 10.6 Å². The summed E-state index contributed by atoms with van der Waals surface area (Å²) in [4.78, 5) is 22.4. The summed E-state index contributed by atoms with van der Waals surface area (Å²) >= 11 is 0. The van der Waals surface area contributed by atoms with E-state index in [0.29, 0.717) is 25.9 Å². The molecule has 0 saturated heterocycles. The number of aliphatic hydroxyl groups is 1. The highest BCUT2D eigenvalue weighted by molar-refractivity contribution is 5.87. The van der Waals surface area contributed by atoms with E-state index in [4.69, 9.17) is 4.74 Å². The van der Waals surface area contributed by atoms with Crippen LogP contribution in [-0.4, -0.2) is 41.9 Å². The number of hydrogen-bond acceptors (Lipinski definition) is 4. The summed E-state index contributed by atoms with van der Waals surface area (Å²) in [5, 5.41) is 14.9. The number of carbonyl (C=O) groups is 2. The molecule has 0 aliphatic heterocycles. The molecule has 0 bridgehead atoms. The number of amides is 2. The molecule has 0 saturated carbocycles. The summed E-state index contributed by atoms with van der Waals surface area (Å²) in [6, 6.07) is 0. The van der Waals surface area contributed by atoms with Gasteiger partial charge in [0.15, 0.2) is 0 Å². The molecule has 1 atom stereocenters. The molecule has 0 radical (unpaired) electrons. The summed E-state index contributed by atoms with van der Waals surface area (Å²) < 4.78 is 5.06. The van der Waals surface area contributed by atoms with Gasteiger partial charge in [-0.1, -0.05) is 6.08 Å². The van der Waals surface area contributed by atoms with Gasteiger partial charge in [-0.25, -0.2) is 4.79 Å². The smallest absolute Gasteiger partial charge is 0.407 e. The van der Waals surface area contributed by atoms with Crippen LogP contribution in [0, 0.1) is 0 Å². The third-order valence-electron chi connectivity index (χ3n) is 2.24. The van der Waals surface area contributed by atoms with Crippen LogP contribution in [0.25, 0.3) is 0 Å². The molecule has 0 fully saturated rings. The van der Waals surface area contributed by atoms with Gasteiger partial charge in [0, 0.05) is 13.1 Å². The van der Waals surface area contributed by atoms with Gasteiger partial charge in [-0.2, -0.15) is 0 Å². The first kappa shape index (κ1) is 18.4. The topological polar surface area (TPSA) is 87.7 Å². The highest BCUT2D eigenvalue weighted by Gasteiger charge is 2.15. The lowest BCUT2D eigenvalue weighted by molar-refractivity contribution is -0.116. The Morgan fingerprint density at radius 2 is 1.75 bits per heavy atom. The zero-order valence-electron chi connectivity index (χ0n) is 12.7. The molecule has 0 aliphatic carbocycles. The number of rotatable bonds is 7. The second kappa shape index (κ2) is 9.36. The lowest BCUT2D eigenvalue weighted by Gasteiger charge is -2.20. The molecule has 6 heteroatoms. The Hall–Kier alpha value is -1.56. The van der Waals surface area contributed by atoms with Crippen molar-refractivity contribution >= 4 is 12.0 Å². The third kappa shape index (κ3) is 11.5. The molecule has 2 amide bonds. The lowest BCUT2D eigenvalue weighted by atomic mass is 10.2. The van der Waals surface area contributed by atoms with Gasteiger partial charge in [-0.3, -0.25) is 4.79 Å². The van der Waals surface area contributed by atoms with E-state index in [1.165, 1.54) is 6.08 Å². The van der Waals surface area contributed by atoms with Gasteiger partial charge in [0.05, 0.1) is 6.10 Å². The summed E-state index contributed by atoms with van der Waals surface area (Å²) in [5.74, 6) is -0.174. The highest BCUT2D eigenvalue weighted by atomic mass is 16.6. The first-order chi connectivity index (χ1) is 9.24. The standard InChI is InChI=1S/C14H26N2O4/c1-5-6-12(18)15-9-7-11(17)8-10-16-13(19)20-14(2,3)4/h5-6,11,17H,7-10H2,1-4H3,(H,15,18)(H,16,19). The van der Waals surface area contributed by atoms with Crippen LogP contribution in [0.1, 0.15) is 40.5 Å². The number of hydrogen-bond donors (Lipinski definition) is 3. The van der Waals surface area contributed by atoms with Crippen molar-refractivity contribution in [2.24, 2.45) is 0 Å². The van der Waals surface area contributed by atoms with Gasteiger partial charge in [-0.05, 0) is 46.6 Å². The summed E-state index contributed by atoms with van der Waals surface area (Å²) in [6.07, 6.45) is 2.87. The number of aliphatic hydroxyl groups excluding tert-OH is 1. The number of allylic oxidation sites excluding steroid dienone is 1. The van der Waals surface area contributed by atoms with Crippen LogP contribution >= 0.6 is 0 Å². The van der Waals surface area contributed by atoms with Gasteiger partial charge in [-0.15, -0.1) is 0 Å². The fourth-order valence-corrected chi connectivity index (χ4v) is 1.37. The monoisotopic (exact) mass is 286 g/mol. The van der Waals surface area contributed by atoms with Crippen molar-refractivity contribution in [2.75, 3.05) is 13.1 Å². The van der Waals surface area contributed by atoms with Crippen molar-refractivity contribution in [1.82, 2.24) is 10.6 Å². The van der Waals surface area contributed by atoms with Gasteiger partial charge in [0.2, 0.25) is 5.91 Å². The third-order valence-corrected chi connectivity index (χ3v) is 2.24. The normalized spacial score (nSPS) is 13.1. The zero-order valence-corrected chi connectivity index (χ0v) is 12.7. The molecule has 3 N–H and O–H groups in total. The van der Waals surface area contributed by atoms with Crippen molar-refractivity contribution in [2.45, 2.75) is 52.2 Å². The average molecular weight is 286 g/mol. The minimum absolute atomic E-state index is 0.174. The Kier molecular flexibility index (Phi) is 8.63. The molecule has 116 valence electrons. The molecule has 6 nitrogen and oxygen atoms in total. The number of alkyl carbamates (subject to hydrolysis) is 1. The van der Waals surface area contributed by atoms with E-state index in [1.54, 1.807) is 33.8 Å². The Labute approximate surface area is 120 Å². The van der Waals surface area contributed by atoms with Crippen molar-refractivity contribution < 1.29 is 19.4 Å². The Morgan fingerprint density at radius 3 is 2.25 bits per heavy atom. The first-order valence-electron chi connectivity index (χ1n) is 6.80. The SMILES string of the molecule is CC=CC(=O)NCCC(O)CCNC(=O)OC(C)(C)C. The number of ether oxygens (including phenoxy) is 1. The molecule has 0 aliphatic rings. The van der Waals surface area contributed by atoms with Gasteiger partial charge < -0.3 is 20.5 Å². The average Bonchev–Trinajstić information content (AvgIpc) is 2.26. The second-order valence-electron chi connectivity index (χ2n) is 5.45. The molecule has 0 aromatic rings. The first-order valence-corrected chi connectivity index (χ1v) is 6.80. The fraction of sp³-hybridized carbons (Fsp3) is 0.714. The van der Waals surface area contributed by atoms with E-state index in [1.807, 2.05) is 0 Å². The van der Waals surface area contributed by atoms with E-state index in [9.17, 15) is 14.7 Å². The molecule has 1 unspecified atom stereocenters. The van der Waals surface area contributed by atoms with Gasteiger partial charge >= 0.3 is 6.09 Å². The second-order valence-corrected chi connectivity index (χ2v) is 5.45. The van der Waals surface area contributed by atoms with E-state index < -0.39 is 17.8 Å². The van der Waals surface area contributed by atoms with E-state index in [-0.39, 0.29) is 5.91 Å². The Morgan fingerprint density at radius 1 is 1.20 bits per heavy atom. The van der Waals surface area contributed by atoms with E-state index in [0.717, 1.165) is 0 Å². The summed E-state index contributed by atoms with van der Waals surface area (Å²) in [7, 11) is 0. The lowest BCUT2D eigenvalue weighted by Crippen LogP contribution is -2.34. The molecular weight excluding hydrogens is 260 g/mol. The van der Waals surface area contributed by atoms with E-state index >= 15 is 0 Å². The highest BCUT2D eigenvalue weighted by Crippen LogP contribution is 2.06. The largest absolute Gasteiger partial charge is 0.444 e. The minimum atomic E-state index is -0.573. The van der Waals surface area contributed by atoms with Crippen LogP contribution in [-0.2, 0) is 9.53 Å². The predicted octanol–water partition coefficient (Wildman–Crippen LogP) is 1.34. The predicted molar refractivity (Wildman–Crippen MR) is 77.3 cm³/mol. The van der Waals surface area contributed by atoms with Crippen LogP contribution in [0.4, 0.5) is 4.79 Å². The maximum atomic E-state index is 11.3. The van der Waals surface area contributed by atoms with Crippen LogP contribution in [0.15, 0.2) is 12.2 Å². The van der Waals surface area contributed by atoms with Crippen molar-refractivity contribution in [3.8, 4) is 0 Å². The minimum Gasteiger partial charge on any atom is -0.444 e. The Balaban J connectivity index is 3.66. The number of nitrogens with one attached hydrogen (secondary N) is 2. The quantitative estimate of drug-likeness (QED) is 0.616. The molecule has 0 aromatic heterocycles. The molecule has 20 heavy (non-hydrogen) atoms. The van der Waals surface area contributed by atoms with Crippen LogP contribution in [0.3, 0.4) is 0 Å². The molecule has 0 heterocycles. The van der Waals surface area contributed by atoms with Crippen molar-refractivity contribution in [1.29, 1.82) is 0 Å². The molecule has 0 rings (SSSR count). The zero-order chi connectivity index (χ0) is 15.6. The Bertz CT molecular complexity index is 335.